The first-order chi connectivity index (χ1) is 10.7. The van der Waals surface area contributed by atoms with Gasteiger partial charge in [0.15, 0.2) is 12.7 Å². The average Bonchev–Trinajstić information content (AvgIpc) is 2.43. The Morgan fingerprint density at radius 2 is 1.50 bits per heavy atom. The highest BCUT2D eigenvalue weighted by Crippen LogP contribution is 2.35. The minimum absolute atomic E-state index is 0.811. The molecule has 0 aromatic carbocycles. The van der Waals surface area contributed by atoms with Crippen molar-refractivity contribution in [2.45, 2.75) is 59.4 Å². The van der Waals surface area contributed by atoms with Gasteiger partial charge in [-0.3, -0.25) is 4.79 Å². The lowest BCUT2D eigenvalue weighted by Crippen LogP contribution is -2.50. The lowest BCUT2D eigenvalue weighted by atomic mass is 9.77. The van der Waals surface area contributed by atoms with E-state index >= 15 is 0 Å². The van der Waals surface area contributed by atoms with E-state index in [1.807, 2.05) is 0 Å². The molecule has 0 aliphatic carbocycles. The number of hydrogen-bond acceptors (Lipinski definition) is 8. The fourth-order valence-corrected chi connectivity index (χ4v) is 1.34. The average molecular weight is 348 g/mol. The first kappa shape index (κ1) is 21.8. The molecule has 0 aromatic heterocycles. The van der Waals surface area contributed by atoms with Crippen LogP contribution < -0.4 is 0 Å². The molecule has 2 atom stereocenters. The number of rotatable bonds is 8. The Bertz CT molecular complexity index is 505. The van der Waals surface area contributed by atoms with Crippen molar-refractivity contribution in [3.05, 3.63) is 0 Å². The summed E-state index contributed by atoms with van der Waals surface area (Å²) in [6, 6.07) is 0. The molecule has 0 aromatic rings. The standard InChI is InChI=1S/C15H24O9/c1-8(16)11(19)23-9(2)12(20)24-15(5,6)14(3,4)13(21)22-7-10(17)18/h8-9,16H,7H2,1-6H3,(H,17,18). The second-order valence-electron chi connectivity index (χ2n) is 6.28. The molecule has 0 aliphatic rings. The van der Waals surface area contributed by atoms with Crippen LogP contribution in [-0.2, 0) is 33.4 Å². The van der Waals surface area contributed by atoms with Gasteiger partial charge < -0.3 is 24.4 Å². The quantitative estimate of drug-likeness (QED) is 0.468. The van der Waals surface area contributed by atoms with Crippen molar-refractivity contribution in [1.82, 2.24) is 0 Å². The lowest BCUT2D eigenvalue weighted by molar-refractivity contribution is -0.194. The summed E-state index contributed by atoms with van der Waals surface area (Å²) < 4.78 is 14.6. The van der Waals surface area contributed by atoms with Gasteiger partial charge in [-0.1, -0.05) is 0 Å². The number of esters is 3. The van der Waals surface area contributed by atoms with Crippen LogP contribution in [0.3, 0.4) is 0 Å². The van der Waals surface area contributed by atoms with Crippen molar-refractivity contribution in [3.8, 4) is 0 Å². The van der Waals surface area contributed by atoms with Gasteiger partial charge in [-0.05, 0) is 41.5 Å². The number of aliphatic hydroxyl groups is 1. The molecule has 24 heavy (non-hydrogen) atoms. The van der Waals surface area contributed by atoms with Crippen LogP contribution in [0.2, 0.25) is 0 Å². The van der Waals surface area contributed by atoms with Crippen molar-refractivity contribution < 1.29 is 43.6 Å². The molecular formula is C15H24O9. The zero-order chi connectivity index (χ0) is 19.3. The third kappa shape index (κ3) is 5.80. The molecule has 0 heterocycles. The molecule has 2 unspecified atom stereocenters. The second kappa shape index (κ2) is 8.09. The predicted molar refractivity (Wildman–Crippen MR) is 79.8 cm³/mol. The topological polar surface area (TPSA) is 136 Å². The summed E-state index contributed by atoms with van der Waals surface area (Å²) in [5.41, 5.74) is -2.75. The summed E-state index contributed by atoms with van der Waals surface area (Å²) in [7, 11) is 0. The van der Waals surface area contributed by atoms with Gasteiger partial charge in [0.05, 0.1) is 0 Å². The number of hydrogen-bond donors (Lipinski definition) is 2. The fourth-order valence-electron chi connectivity index (χ4n) is 1.34. The van der Waals surface area contributed by atoms with Crippen LogP contribution in [0.4, 0.5) is 0 Å². The maximum absolute atomic E-state index is 12.0. The molecule has 0 aliphatic heterocycles. The zero-order valence-electron chi connectivity index (χ0n) is 14.6. The number of aliphatic carboxylic acids is 1. The molecule has 2 N–H and O–H groups in total. The molecule has 0 bridgehead atoms. The molecule has 0 radical (unpaired) electrons. The van der Waals surface area contributed by atoms with Crippen LogP contribution >= 0.6 is 0 Å². The van der Waals surface area contributed by atoms with Crippen LogP contribution in [0.1, 0.15) is 41.5 Å². The van der Waals surface area contributed by atoms with E-state index in [4.69, 9.17) is 19.7 Å². The predicted octanol–water partition coefficient (Wildman–Crippen LogP) is 0.275. The van der Waals surface area contributed by atoms with Gasteiger partial charge in [0.1, 0.15) is 17.1 Å². The van der Waals surface area contributed by atoms with Crippen LogP contribution in [0.5, 0.6) is 0 Å². The Morgan fingerprint density at radius 1 is 1.00 bits per heavy atom. The molecule has 9 heteroatoms. The van der Waals surface area contributed by atoms with Gasteiger partial charge in [0.25, 0.3) is 0 Å². The number of carboxylic acid groups (broad SMARTS) is 1. The summed E-state index contributed by atoms with van der Waals surface area (Å²) in [6.45, 7) is 7.37. The highest BCUT2D eigenvalue weighted by Gasteiger charge is 2.48. The lowest BCUT2D eigenvalue weighted by Gasteiger charge is -2.38. The van der Waals surface area contributed by atoms with Crippen molar-refractivity contribution in [2.24, 2.45) is 5.41 Å². The Labute approximate surface area is 139 Å². The van der Waals surface area contributed by atoms with Crippen molar-refractivity contribution in [3.63, 3.8) is 0 Å². The van der Waals surface area contributed by atoms with Gasteiger partial charge in [-0.15, -0.1) is 0 Å². The summed E-state index contributed by atoms with van der Waals surface area (Å²) in [6.07, 6.45) is -2.69. The van der Waals surface area contributed by atoms with E-state index in [1.165, 1.54) is 41.5 Å². The van der Waals surface area contributed by atoms with E-state index in [2.05, 4.69) is 4.74 Å². The summed E-state index contributed by atoms with van der Waals surface area (Å²) in [5, 5.41) is 17.6. The van der Waals surface area contributed by atoms with E-state index in [9.17, 15) is 19.2 Å². The van der Waals surface area contributed by atoms with Gasteiger partial charge in [-0.25, -0.2) is 14.4 Å². The highest BCUT2D eigenvalue weighted by molar-refractivity contribution is 5.83. The molecule has 138 valence electrons. The van der Waals surface area contributed by atoms with Crippen molar-refractivity contribution >= 4 is 23.9 Å². The molecule has 9 nitrogen and oxygen atoms in total. The Hall–Kier alpha value is -2.16. The smallest absolute Gasteiger partial charge is 0.347 e. The minimum Gasteiger partial charge on any atom is -0.479 e. The Morgan fingerprint density at radius 3 is 1.92 bits per heavy atom. The third-order valence-corrected chi connectivity index (χ3v) is 3.66. The Balaban J connectivity index is 4.97. The van der Waals surface area contributed by atoms with Crippen molar-refractivity contribution in [1.29, 1.82) is 0 Å². The van der Waals surface area contributed by atoms with E-state index < -0.39 is 53.7 Å². The minimum atomic E-state index is -1.39. The highest BCUT2D eigenvalue weighted by atomic mass is 16.6. The number of carbonyl (C=O) groups excluding carboxylic acids is 3. The normalized spacial score (nSPS) is 14.3. The van der Waals surface area contributed by atoms with E-state index in [-0.39, 0.29) is 0 Å². The van der Waals surface area contributed by atoms with E-state index in [0.717, 1.165) is 0 Å². The third-order valence-electron chi connectivity index (χ3n) is 3.66. The van der Waals surface area contributed by atoms with Crippen LogP contribution in [-0.4, -0.2) is 58.5 Å². The summed E-state index contributed by atoms with van der Waals surface area (Å²) in [4.78, 5) is 45.8. The van der Waals surface area contributed by atoms with Crippen LogP contribution in [0.15, 0.2) is 0 Å². The number of carboxylic acids is 1. The van der Waals surface area contributed by atoms with Crippen LogP contribution in [0.25, 0.3) is 0 Å². The first-order valence-corrected chi connectivity index (χ1v) is 7.22. The van der Waals surface area contributed by atoms with E-state index in [1.54, 1.807) is 0 Å². The van der Waals surface area contributed by atoms with Gasteiger partial charge in [0, 0.05) is 0 Å². The first-order valence-electron chi connectivity index (χ1n) is 7.22. The zero-order valence-corrected chi connectivity index (χ0v) is 14.6. The molecule has 0 rings (SSSR count). The second-order valence-corrected chi connectivity index (χ2v) is 6.28. The molecule has 0 spiro atoms. The molecule has 0 amide bonds. The monoisotopic (exact) mass is 348 g/mol. The molecule has 0 saturated carbocycles. The maximum atomic E-state index is 12.0. The van der Waals surface area contributed by atoms with Gasteiger partial charge >= 0.3 is 23.9 Å². The van der Waals surface area contributed by atoms with Crippen molar-refractivity contribution in [2.75, 3.05) is 6.61 Å². The summed E-state index contributed by atoms with van der Waals surface area (Å²) >= 11 is 0. The largest absolute Gasteiger partial charge is 0.479 e. The summed E-state index contributed by atoms with van der Waals surface area (Å²) in [5.74, 6) is -4.09. The fraction of sp³-hybridized carbons (Fsp3) is 0.733. The number of carbonyl (C=O) groups is 4. The number of aliphatic hydroxyl groups excluding tert-OH is 1. The van der Waals surface area contributed by atoms with E-state index in [0.29, 0.717) is 0 Å². The van der Waals surface area contributed by atoms with Crippen LogP contribution in [0, 0.1) is 5.41 Å². The molecule has 0 fully saturated rings. The van der Waals surface area contributed by atoms with Gasteiger partial charge in [0.2, 0.25) is 0 Å². The van der Waals surface area contributed by atoms with Gasteiger partial charge in [-0.2, -0.15) is 0 Å². The Kier molecular flexibility index (Phi) is 7.36. The molecule has 0 saturated heterocycles. The maximum Gasteiger partial charge on any atom is 0.347 e. The SMILES string of the molecule is CC(O)C(=O)OC(C)C(=O)OC(C)(C)C(C)(C)C(=O)OCC(=O)O. The number of ether oxygens (including phenoxy) is 3. The molecular weight excluding hydrogens is 324 g/mol.